The minimum Gasteiger partial charge on any atom is -0.462 e. The lowest BCUT2D eigenvalue weighted by molar-refractivity contribution is 0.0526. The van der Waals surface area contributed by atoms with Crippen LogP contribution in [0.3, 0.4) is 0 Å². The van der Waals surface area contributed by atoms with E-state index < -0.39 is 0 Å². The van der Waals surface area contributed by atoms with Crippen LogP contribution in [0.4, 0.5) is 10.2 Å². The fourth-order valence-electron chi connectivity index (χ4n) is 3.27. The van der Waals surface area contributed by atoms with Crippen LogP contribution in [0.2, 0.25) is 0 Å². The minimum absolute atomic E-state index is 0.104. The lowest BCUT2D eigenvalue weighted by Crippen LogP contribution is -2.38. The van der Waals surface area contributed by atoms with E-state index in [9.17, 15) is 9.18 Å². The zero-order valence-electron chi connectivity index (χ0n) is 14.4. The molecule has 1 aliphatic heterocycles. The van der Waals surface area contributed by atoms with E-state index in [2.05, 4.69) is 24.3 Å². The van der Waals surface area contributed by atoms with E-state index in [1.165, 1.54) is 12.1 Å². The first kappa shape index (κ1) is 16.5. The molecule has 0 aliphatic carbocycles. The molecule has 0 bridgehead atoms. The third-order valence-electron chi connectivity index (χ3n) is 4.38. The summed E-state index contributed by atoms with van der Waals surface area (Å²) in [5, 5.41) is 7.89. The number of rotatable bonds is 3. The summed E-state index contributed by atoms with van der Waals surface area (Å²) in [5.74, 6) is -0.0242. The van der Waals surface area contributed by atoms with Gasteiger partial charge in [0.25, 0.3) is 0 Å². The van der Waals surface area contributed by atoms with Crippen LogP contribution >= 0.6 is 0 Å². The Kier molecular flexibility index (Phi) is 4.07. The van der Waals surface area contributed by atoms with Crippen molar-refractivity contribution in [3.63, 3.8) is 0 Å². The topological polar surface area (TPSA) is 56.1 Å². The van der Waals surface area contributed by atoms with E-state index in [0.29, 0.717) is 23.7 Å². The Balaban J connectivity index is 2.06. The molecule has 24 heavy (non-hydrogen) atoms. The van der Waals surface area contributed by atoms with Crippen molar-refractivity contribution >= 4 is 11.8 Å². The molecule has 1 aliphatic rings. The Morgan fingerprint density at radius 1 is 1.50 bits per heavy atom. The quantitative estimate of drug-likeness (QED) is 0.869. The Labute approximate surface area is 140 Å². The predicted octanol–water partition coefficient (Wildman–Crippen LogP) is 3.80. The van der Waals surface area contributed by atoms with Crippen molar-refractivity contribution < 1.29 is 13.9 Å². The number of nitrogens with zero attached hydrogens (tertiary/aromatic N) is 2. The smallest absolute Gasteiger partial charge is 0.343 e. The molecule has 1 aromatic carbocycles. The van der Waals surface area contributed by atoms with E-state index in [1.54, 1.807) is 19.9 Å². The second-order valence-electron chi connectivity index (χ2n) is 6.71. The standard InChI is InChI=1S/C18H22FN3O2/c1-5-24-17(23)15-11(2)21-22-16(15)20-14(10-18(22,3)4)12-7-6-8-13(19)9-12/h6-9,14,20H,5,10H2,1-4H3. The lowest BCUT2D eigenvalue weighted by atomic mass is 9.89. The number of anilines is 1. The number of carbonyl (C=O) groups excluding carboxylic acids is 1. The average molecular weight is 331 g/mol. The van der Waals surface area contributed by atoms with Crippen LogP contribution in [0, 0.1) is 12.7 Å². The van der Waals surface area contributed by atoms with Gasteiger partial charge >= 0.3 is 5.97 Å². The molecule has 1 N–H and O–H groups in total. The van der Waals surface area contributed by atoms with E-state index in [0.717, 1.165) is 12.0 Å². The van der Waals surface area contributed by atoms with E-state index in [-0.39, 0.29) is 23.4 Å². The first-order chi connectivity index (χ1) is 11.3. The Hall–Kier alpha value is -2.37. The van der Waals surface area contributed by atoms with E-state index in [4.69, 9.17) is 4.74 Å². The number of ether oxygens (including phenoxy) is 1. The molecule has 0 saturated carbocycles. The van der Waals surface area contributed by atoms with Crippen molar-refractivity contribution in [1.29, 1.82) is 0 Å². The number of benzene rings is 1. The highest BCUT2D eigenvalue weighted by Crippen LogP contribution is 2.41. The zero-order chi connectivity index (χ0) is 17.5. The summed E-state index contributed by atoms with van der Waals surface area (Å²) in [6.45, 7) is 8.00. The molecule has 3 rings (SSSR count). The molecule has 128 valence electrons. The zero-order valence-corrected chi connectivity index (χ0v) is 14.4. The van der Waals surface area contributed by atoms with Crippen molar-refractivity contribution in [2.75, 3.05) is 11.9 Å². The summed E-state index contributed by atoms with van der Waals surface area (Å²) in [6, 6.07) is 6.43. The van der Waals surface area contributed by atoms with Crippen molar-refractivity contribution in [1.82, 2.24) is 9.78 Å². The van der Waals surface area contributed by atoms with Crippen LogP contribution < -0.4 is 5.32 Å². The molecule has 1 unspecified atom stereocenters. The number of carbonyl (C=O) groups is 1. The van der Waals surface area contributed by atoms with Gasteiger partial charge in [-0.05, 0) is 51.8 Å². The molecular weight excluding hydrogens is 309 g/mol. The van der Waals surface area contributed by atoms with Crippen LogP contribution in [0.25, 0.3) is 0 Å². The molecule has 2 aromatic rings. The third-order valence-corrected chi connectivity index (χ3v) is 4.38. The van der Waals surface area contributed by atoms with Gasteiger partial charge in [0.15, 0.2) is 0 Å². The second-order valence-corrected chi connectivity index (χ2v) is 6.71. The van der Waals surface area contributed by atoms with Gasteiger partial charge in [-0.1, -0.05) is 12.1 Å². The molecule has 2 heterocycles. The number of esters is 1. The highest BCUT2D eigenvalue weighted by atomic mass is 19.1. The van der Waals surface area contributed by atoms with Crippen LogP contribution in [0.15, 0.2) is 24.3 Å². The highest BCUT2D eigenvalue weighted by molar-refractivity contribution is 5.96. The number of nitrogens with one attached hydrogen (secondary N) is 1. The first-order valence-corrected chi connectivity index (χ1v) is 8.12. The van der Waals surface area contributed by atoms with Gasteiger partial charge < -0.3 is 10.1 Å². The monoisotopic (exact) mass is 331 g/mol. The van der Waals surface area contributed by atoms with Gasteiger partial charge in [-0.2, -0.15) is 5.10 Å². The third kappa shape index (κ3) is 2.77. The Morgan fingerprint density at radius 2 is 2.25 bits per heavy atom. The van der Waals surface area contributed by atoms with Gasteiger partial charge in [0, 0.05) is 0 Å². The number of aromatic nitrogens is 2. The summed E-state index contributed by atoms with van der Waals surface area (Å²) in [4.78, 5) is 12.3. The number of hydrogen-bond acceptors (Lipinski definition) is 4. The molecule has 6 heteroatoms. The first-order valence-electron chi connectivity index (χ1n) is 8.12. The highest BCUT2D eigenvalue weighted by Gasteiger charge is 2.38. The molecule has 1 atom stereocenters. The van der Waals surface area contributed by atoms with Gasteiger partial charge in [-0.25, -0.2) is 13.9 Å². The fraction of sp³-hybridized carbons (Fsp3) is 0.444. The van der Waals surface area contributed by atoms with Gasteiger partial charge in [-0.3, -0.25) is 0 Å². The van der Waals surface area contributed by atoms with Gasteiger partial charge in [-0.15, -0.1) is 0 Å². The van der Waals surface area contributed by atoms with Crippen molar-refractivity contribution in [3.8, 4) is 0 Å². The Morgan fingerprint density at radius 3 is 2.92 bits per heavy atom. The summed E-state index contributed by atoms with van der Waals surface area (Å²) < 4.78 is 20.6. The lowest BCUT2D eigenvalue weighted by Gasteiger charge is -2.38. The van der Waals surface area contributed by atoms with Crippen molar-refractivity contribution in [3.05, 3.63) is 46.9 Å². The normalized spacial score (nSPS) is 18.6. The summed E-state index contributed by atoms with van der Waals surface area (Å²) in [5.41, 5.74) is 1.62. The average Bonchev–Trinajstić information content (AvgIpc) is 2.84. The fourth-order valence-corrected chi connectivity index (χ4v) is 3.27. The SMILES string of the molecule is CCOC(=O)c1c(C)nn2c1NC(c1cccc(F)c1)CC2(C)C. The maximum absolute atomic E-state index is 13.6. The number of halogens is 1. The van der Waals surface area contributed by atoms with E-state index in [1.807, 2.05) is 10.7 Å². The molecule has 5 nitrogen and oxygen atoms in total. The maximum atomic E-state index is 13.6. The van der Waals surface area contributed by atoms with Crippen LogP contribution in [0.5, 0.6) is 0 Å². The van der Waals surface area contributed by atoms with Gasteiger partial charge in [0.2, 0.25) is 0 Å². The maximum Gasteiger partial charge on any atom is 0.343 e. The van der Waals surface area contributed by atoms with Crippen LogP contribution in [-0.4, -0.2) is 22.4 Å². The molecule has 1 aromatic heterocycles. The molecule has 0 amide bonds. The van der Waals surface area contributed by atoms with Crippen LogP contribution in [0.1, 0.15) is 54.8 Å². The number of hydrogen-bond donors (Lipinski definition) is 1. The molecular formula is C18H22FN3O2. The van der Waals surface area contributed by atoms with Crippen LogP contribution in [-0.2, 0) is 10.3 Å². The summed E-state index contributed by atoms with van der Waals surface area (Å²) >= 11 is 0. The largest absolute Gasteiger partial charge is 0.462 e. The van der Waals surface area contributed by atoms with Crippen molar-refractivity contribution in [2.24, 2.45) is 0 Å². The minimum atomic E-state index is -0.389. The number of aryl methyl sites for hydroxylation is 1. The summed E-state index contributed by atoms with van der Waals surface area (Å²) in [6.07, 6.45) is 0.729. The molecule has 0 radical (unpaired) electrons. The Bertz CT molecular complexity index is 783. The molecule has 0 saturated heterocycles. The second kappa shape index (κ2) is 5.92. The predicted molar refractivity (Wildman–Crippen MR) is 89.6 cm³/mol. The summed E-state index contributed by atoms with van der Waals surface area (Å²) in [7, 11) is 0. The van der Waals surface area contributed by atoms with Gasteiger partial charge in [0.05, 0.1) is 23.9 Å². The molecule has 0 spiro atoms. The van der Waals surface area contributed by atoms with E-state index >= 15 is 0 Å². The van der Waals surface area contributed by atoms with Gasteiger partial charge in [0.1, 0.15) is 17.2 Å². The number of fused-ring (bicyclic) bond motifs is 1. The molecule has 0 fully saturated rings. The van der Waals surface area contributed by atoms with Crippen molar-refractivity contribution in [2.45, 2.75) is 45.7 Å².